The molecule has 0 spiro atoms. The first-order valence-corrected chi connectivity index (χ1v) is 6.26. The van der Waals surface area contributed by atoms with Gasteiger partial charge in [-0.2, -0.15) is 10.1 Å². The van der Waals surface area contributed by atoms with Crippen molar-refractivity contribution in [2.75, 3.05) is 12.4 Å². The number of methoxy groups -OCH3 is 1. The van der Waals surface area contributed by atoms with E-state index in [0.717, 1.165) is 18.2 Å². The van der Waals surface area contributed by atoms with Gasteiger partial charge in [0.2, 0.25) is 5.95 Å². The van der Waals surface area contributed by atoms with Crippen LogP contribution in [0, 0.1) is 0 Å². The number of nitrogens with zero attached hydrogens (tertiary/aromatic N) is 3. The van der Waals surface area contributed by atoms with Gasteiger partial charge in [0.1, 0.15) is 12.1 Å². The van der Waals surface area contributed by atoms with Gasteiger partial charge >= 0.3 is 0 Å². The molecule has 0 aliphatic carbocycles. The highest BCUT2D eigenvalue weighted by Crippen LogP contribution is 2.17. The lowest BCUT2D eigenvalue weighted by molar-refractivity contribution is -0.134. The highest BCUT2D eigenvalue weighted by Gasteiger charge is 2.01. The first kappa shape index (κ1) is 17.0. The molecule has 0 radical (unpaired) electrons. The fourth-order valence-corrected chi connectivity index (χ4v) is 1.43. The standard InChI is InChI=1S/C11H14N6O.C2H4O2/c1-18-9-5-3-2-4-8(9)6-13-10(12)16-11-14-7-15-17-11;1-2(3)4/h2-5,7H,6H2,1H3,(H4,12,13,14,15,16,17);1H3,(H,3,4). The number of H-pyrrole nitrogens is 1. The van der Waals surface area contributed by atoms with Gasteiger partial charge < -0.3 is 15.6 Å². The molecule has 1 aromatic heterocycles. The molecule has 118 valence electrons. The summed E-state index contributed by atoms with van der Waals surface area (Å²) in [6.07, 6.45) is 1.38. The van der Waals surface area contributed by atoms with E-state index in [0.29, 0.717) is 12.5 Å². The molecule has 0 saturated heterocycles. The number of ether oxygens (including phenoxy) is 1. The van der Waals surface area contributed by atoms with Crippen LogP contribution in [0.25, 0.3) is 0 Å². The zero-order valence-electron chi connectivity index (χ0n) is 12.3. The fourth-order valence-electron chi connectivity index (χ4n) is 1.43. The van der Waals surface area contributed by atoms with E-state index in [-0.39, 0.29) is 5.96 Å². The van der Waals surface area contributed by atoms with Crippen LogP contribution >= 0.6 is 0 Å². The number of nitrogens with one attached hydrogen (secondary N) is 2. The summed E-state index contributed by atoms with van der Waals surface area (Å²) in [5, 5.41) is 16.5. The lowest BCUT2D eigenvalue weighted by Crippen LogP contribution is -2.23. The third kappa shape index (κ3) is 6.37. The number of benzene rings is 1. The maximum Gasteiger partial charge on any atom is 0.300 e. The number of aliphatic imine (C=N–C) groups is 1. The topological polar surface area (TPSA) is 139 Å². The Morgan fingerprint density at radius 2 is 2.18 bits per heavy atom. The molecule has 0 saturated carbocycles. The number of nitrogens with two attached hydrogens (primary N) is 1. The number of carboxylic acid groups (broad SMARTS) is 1. The zero-order valence-corrected chi connectivity index (χ0v) is 12.3. The first-order chi connectivity index (χ1) is 10.5. The lowest BCUT2D eigenvalue weighted by Gasteiger charge is -2.06. The number of hydrogen-bond acceptors (Lipinski definition) is 5. The average Bonchev–Trinajstić information content (AvgIpc) is 2.97. The van der Waals surface area contributed by atoms with Crippen LogP contribution in [-0.2, 0) is 11.3 Å². The van der Waals surface area contributed by atoms with Crippen LogP contribution in [-0.4, -0.2) is 39.3 Å². The van der Waals surface area contributed by atoms with E-state index in [1.54, 1.807) is 7.11 Å². The largest absolute Gasteiger partial charge is 0.496 e. The van der Waals surface area contributed by atoms with E-state index in [1.165, 1.54) is 6.33 Å². The number of hydrogen-bond donors (Lipinski definition) is 4. The Morgan fingerprint density at radius 3 is 2.77 bits per heavy atom. The number of carboxylic acids is 1. The first-order valence-electron chi connectivity index (χ1n) is 6.26. The Kier molecular flexibility index (Phi) is 6.90. The summed E-state index contributed by atoms with van der Waals surface area (Å²) in [5.74, 6) is 0.669. The molecule has 9 heteroatoms. The van der Waals surface area contributed by atoms with Crippen LogP contribution in [0.5, 0.6) is 5.75 Å². The molecule has 0 unspecified atom stereocenters. The molecule has 1 aromatic carbocycles. The lowest BCUT2D eigenvalue weighted by atomic mass is 10.2. The molecule has 0 amide bonds. The highest BCUT2D eigenvalue weighted by atomic mass is 16.5. The van der Waals surface area contributed by atoms with Gasteiger partial charge in [-0.1, -0.05) is 18.2 Å². The highest BCUT2D eigenvalue weighted by molar-refractivity contribution is 5.90. The van der Waals surface area contributed by atoms with Gasteiger partial charge in [-0.05, 0) is 6.07 Å². The van der Waals surface area contributed by atoms with E-state index < -0.39 is 5.97 Å². The van der Waals surface area contributed by atoms with E-state index in [9.17, 15) is 0 Å². The number of aliphatic carboxylic acids is 1. The summed E-state index contributed by atoms with van der Waals surface area (Å²) < 4.78 is 5.22. The number of para-hydroxylation sites is 1. The molecule has 0 aliphatic heterocycles. The molecule has 9 nitrogen and oxygen atoms in total. The Hall–Kier alpha value is -3.10. The minimum absolute atomic E-state index is 0.262. The van der Waals surface area contributed by atoms with Gasteiger partial charge in [0, 0.05) is 12.5 Å². The second-order valence-corrected chi connectivity index (χ2v) is 3.99. The molecule has 0 aliphatic rings. The Bertz CT molecular complexity index is 608. The predicted octanol–water partition coefficient (Wildman–Crippen LogP) is 0.831. The van der Waals surface area contributed by atoms with Gasteiger partial charge in [0.15, 0.2) is 5.96 Å². The van der Waals surface area contributed by atoms with Crippen LogP contribution in [0.4, 0.5) is 5.95 Å². The summed E-state index contributed by atoms with van der Waals surface area (Å²) >= 11 is 0. The van der Waals surface area contributed by atoms with Crippen molar-refractivity contribution >= 4 is 17.9 Å². The van der Waals surface area contributed by atoms with Crippen molar-refractivity contribution in [2.45, 2.75) is 13.5 Å². The number of guanidine groups is 1. The van der Waals surface area contributed by atoms with E-state index in [4.69, 9.17) is 20.4 Å². The van der Waals surface area contributed by atoms with E-state index in [1.807, 2.05) is 24.3 Å². The minimum atomic E-state index is -0.833. The van der Waals surface area contributed by atoms with Gasteiger partial charge in [-0.15, -0.1) is 0 Å². The third-order valence-electron chi connectivity index (χ3n) is 2.27. The van der Waals surface area contributed by atoms with E-state index >= 15 is 0 Å². The number of aromatic amines is 1. The molecular weight excluding hydrogens is 288 g/mol. The summed E-state index contributed by atoms with van der Waals surface area (Å²) in [4.78, 5) is 17.1. The Balaban J connectivity index is 0.000000541. The van der Waals surface area contributed by atoms with Crippen molar-refractivity contribution in [3.8, 4) is 5.75 Å². The SMILES string of the molecule is CC(=O)O.COc1ccccc1CN=C(N)Nc1ncn[nH]1. The van der Waals surface area contributed by atoms with E-state index in [2.05, 4.69) is 25.5 Å². The smallest absolute Gasteiger partial charge is 0.300 e. The second kappa shape index (κ2) is 8.95. The molecule has 0 fully saturated rings. The summed E-state index contributed by atoms with van der Waals surface area (Å²) in [6, 6.07) is 7.64. The Labute approximate surface area is 127 Å². The molecule has 0 bridgehead atoms. The van der Waals surface area contributed by atoms with Gasteiger partial charge in [0.05, 0.1) is 13.7 Å². The number of anilines is 1. The van der Waals surface area contributed by atoms with Crippen LogP contribution < -0.4 is 15.8 Å². The van der Waals surface area contributed by atoms with Crippen LogP contribution in [0.1, 0.15) is 12.5 Å². The summed E-state index contributed by atoms with van der Waals surface area (Å²) in [5.41, 5.74) is 6.68. The second-order valence-electron chi connectivity index (χ2n) is 3.99. The van der Waals surface area contributed by atoms with Gasteiger partial charge in [-0.3, -0.25) is 10.1 Å². The summed E-state index contributed by atoms with van der Waals surface area (Å²) in [7, 11) is 1.62. The fraction of sp³-hybridized carbons (Fsp3) is 0.231. The van der Waals surface area contributed by atoms with Crippen LogP contribution in [0.2, 0.25) is 0 Å². The number of carbonyl (C=O) groups is 1. The summed E-state index contributed by atoms with van der Waals surface area (Å²) in [6.45, 7) is 1.51. The van der Waals surface area contributed by atoms with Crippen molar-refractivity contribution in [2.24, 2.45) is 10.7 Å². The van der Waals surface area contributed by atoms with Gasteiger partial charge in [0.25, 0.3) is 5.97 Å². The third-order valence-corrected chi connectivity index (χ3v) is 2.27. The molecule has 0 atom stereocenters. The normalized spacial score (nSPS) is 10.4. The zero-order chi connectivity index (χ0) is 16.4. The maximum atomic E-state index is 9.00. The number of rotatable bonds is 4. The predicted molar refractivity (Wildman–Crippen MR) is 81.6 cm³/mol. The maximum absolute atomic E-state index is 9.00. The van der Waals surface area contributed by atoms with Crippen LogP contribution in [0.15, 0.2) is 35.6 Å². The van der Waals surface area contributed by atoms with Crippen molar-refractivity contribution in [1.82, 2.24) is 15.2 Å². The molecule has 1 heterocycles. The van der Waals surface area contributed by atoms with Crippen molar-refractivity contribution in [3.05, 3.63) is 36.2 Å². The Morgan fingerprint density at radius 1 is 1.50 bits per heavy atom. The van der Waals surface area contributed by atoms with Crippen molar-refractivity contribution in [3.63, 3.8) is 0 Å². The van der Waals surface area contributed by atoms with Crippen molar-refractivity contribution < 1.29 is 14.6 Å². The molecule has 22 heavy (non-hydrogen) atoms. The average molecular weight is 306 g/mol. The van der Waals surface area contributed by atoms with Gasteiger partial charge in [-0.25, -0.2) is 10.1 Å². The minimum Gasteiger partial charge on any atom is -0.496 e. The van der Waals surface area contributed by atoms with Crippen LogP contribution in [0.3, 0.4) is 0 Å². The number of aromatic nitrogens is 3. The quantitative estimate of drug-likeness (QED) is 0.484. The molecule has 5 N–H and O–H groups in total. The van der Waals surface area contributed by atoms with Crippen molar-refractivity contribution in [1.29, 1.82) is 0 Å². The monoisotopic (exact) mass is 306 g/mol. The molecule has 2 rings (SSSR count). The molecule has 2 aromatic rings. The molecular formula is C13H18N6O3.